The van der Waals surface area contributed by atoms with E-state index in [1.54, 1.807) is 23.2 Å². The molecule has 2 aromatic heterocycles. The molecule has 1 aliphatic heterocycles. The molecule has 0 unspecified atom stereocenters. The molecule has 1 aromatic carbocycles. The molecular weight excluding hydrogens is 845 g/mol. The summed E-state index contributed by atoms with van der Waals surface area (Å²) in [5.41, 5.74) is 7.22. The number of imidazole rings is 1. The second kappa shape index (κ2) is 22.1. The van der Waals surface area contributed by atoms with E-state index in [4.69, 9.17) is 5.73 Å². The highest BCUT2D eigenvalue weighted by Crippen LogP contribution is 2.57. The van der Waals surface area contributed by atoms with Crippen molar-refractivity contribution < 1.29 is 28.8 Å². The Hall–Kier alpha value is -5.85. The third-order valence-corrected chi connectivity index (χ3v) is 14.6. The van der Waals surface area contributed by atoms with Crippen LogP contribution in [0.5, 0.6) is 0 Å². The smallest absolute Gasteiger partial charge is 0.261 e. The van der Waals surface area contributed by atoms with Gasteiger partial charge in [-0.1, -0.05) is 20.3 Å². The number of aromatic amines is 1. The van der Waals surface area contributed by atoms with Gasteiger partial charge in [-0.2, -0.15) is 0 Å². The molecule has 3 heterocycles. The van der Waals surface area contributed by atoms with E-state index in [9.17, 15) is 33.6 Å². The van der Waals surface area contributed by atoms with Crippen molar-refractivity contribution in [2.75, 3.05) is 51.2 Å². The summed E-state index contributed by atoms with van der Waals surface area (Å²) in [6, 6.07) is 2.92. The van der Waals surface area contributed by atoms with E-state index in [1.165, 1.54) is 56.4 Å². The number of aromatic nitrogens is 4. The Morgan fingerprint density at radius 1 is 0.879 bits per heavy atom. The maximum Gasteiger partial charge on any atom is 0.261 e. The largest absolute Gasteiger partial charge is 0.368 e. The van der Waals surface area contributed by atoms with Gasteiger partial charge >= 0.3 is 0 Å². The van der Waals surface area contributed by atoms with Crippen LogP contribution in [0.2, 0.25) is 0 Å². The number of hydrogen-bond donors (Lipinski definition) is 7. The summed E-state index contributed by atoms with van der Waals surface area (Å²) in [4.78, 5) is 108. The van der Waals surface area contributed by atoms with E-state index in [2.05, 4.69) is 46.4 Å². The van der Waals surface area contributed by atoms with Gasteiger partial charge in [-0.3, -0.25) is 38.1 Å². The molecule has 5 fully saturated rings. The molecule has 0 spiro atoms. The average Bonchev–Trinajstić information content (AvgIpc) is 3.84. The number of amides is 6. The topological polar surface area (TPSA) is 259 Å². The first-order chi connectivity index (χ1) is 31.8. The molecule has 0 radical (unpaired) electrons. The Bertz CT molecular complexity index is 2230. The number of H-pyrrole nitrogens is 1. The van der Waals surface area contributed by atoms with Crippen LogP contribution in [0.25, 0.3) is 10.9 Å². The number of benzene rings is 1. The first kappa shape index (κ1) is 48.1. The Balaban J connectivity index is 0.929. The van der Waals surface area contributed by atoms with Crippen LogP contribution in [0.4, 0.5) is 5.69 Å². The minimum atomic E-state index is -0.893. The second-order valence-corrected chi connectivity index (χ2v) is 19.1. The van der Waals surface area contributed by atoms with Crippen LogP contribution < -0.4 is 42.8 Å². The predicted octanol–water partition coefficient (Wildman–Crippen LogP) is 0.965. The summed E-state index contributed by atoms with van der Waals surface area (Å²) < 4.78 is 1.17. The SMILES string of the molecule is CC[C@H](C)[C@H](NC(=O)CC1C2CC3CC(C2)CC1C3)C(=O)N[C@@H](CCCCN)C(=O)N1CCN(c2ccc3ncn(CC(=O)NCC(=O)N[C@@H](Cc4cnc[nH]4)C(=O)NC)c(=O)c3c2)CC1. The number of hydrogen-bond acceptors (Lipinski definition) is 11. The Labute approximate surface area is 385 Å². The lowest BCUT2D eigenvalue weighted by atomic mass is 9.51. The van der Waals surface area contributed by atoms with Crippen LogP contribution in [0, 0.1) is 35.5 Å². The number of anilines is 1. The molecule has 19 heteroatoms. The zero-order valence-corrected chi connectivity index (χ0v) is 38.6. The van der Waals surface area contributed by atoms with Crippen LogP contribution in [0.3, 0.4) is 0 Å². The fraction of sp³-hybridized carbons (Fsp3) is 0.638. The standard InChI is InChI=1S/C47H68N12O7/c1-4-28(2)43(56-40(60)22-35-31-16-29-15-30(18-31)19-32(35)17-29)45(64)55-38(7-5-6-10-48)47(66)58-13-11-57(12-14-58)34-8-9-37-36(21-34)46(65)59(27-53-37)25-42(62)51-24-41(61)54-39(44(63)49-3)20-33-23-50-26-52-33/h8-9,21,23,26-32,35,38-39,43H,4-7,10-20,22,24-25,48H2,1-3H3,(H,49,63)(H,50,52)(H,51,62)(H,54,61)(H,55,64)(H,56,60)/t28-,29?,30?,31?,32?,35?,38-,39-,43-/m0/s1. The number of unbranched alkanes of at least 4 members (excludes halogenated alkanes) is 1. The van der Waals surface area contributed by atoms with Crippen molar-refractivity contribution in [2.45, 2.75) is 109 Å². The molecular formula is C47H68N12O7. The van der Waals surface area contributed by atoms with Gasteiger partial charge in [-0.05, 0) is 112 Å². The summed E-state index contributed by atoms with van der Waals surface area (Å²) >= 11 is 0. The number of carbonyl (C=O) groups excluding carboxylic acids is 6. The molecule has 8 N–H and O–H groups in total. The molecule has 19 nitrogen and oxygen atoms in total. The molecule has 6 amide bonds. The maximum atomic E-state index is 14.2. The fourth-order valence-electron chi connectivity index (χ4n) is 11.0. The summed E-state index contributed by atoms with van der Waals surface area (Å²) in [5.74, 6) is 0.949. The van der Waals surface area contributed by atoms with Crippen LogP contribution in [-0.4, -0.2) is 124 Å². The Morgan fingerprint density at radius 3 is 2.26 bits per heavy atom. The number of piperazine rings is 1. The van der Waals surface area contributed by atoms with Gasteiger partial charge in [0.2, 0.25) is 35.4 Å². The van der Waals surface area contributed by atoms with Crippen molar-refractivity contribution in [1.82, 2.24) is 51.0 Å². The monoisotopic (exact) mass is 913 g/mol. The number of nitrogens with one attached hydrogen (secondary N) is 6. The van der Waals surface area contributed by atoms with E-state index < -0.39 is 48.0 Å². The van der Waals surface area contributed by atoms with Crippen molar-refractivity contribution in [3.63, 3.8) is 0 Å². The molecule has 5 aliphatic rings. The van der Waals surface area contributed by atoms with E-state index in [0.29, 0.717) is 99.2 Å². The third-order valence-electron chi connectivity index (χ3n) is 14.6. The average molecular weight is 913 g/mol. The van der Waals surface area contributed by atoms with Gasteiger partial charge in [0.05, 0.1) is 30.1 Å². The van der Waals surface area contributed by atoms with Crippen LogP contribution in [-0.2, 0) is 41.7 Å². The van der Waals surface area contributed by atoms with Crippen molar-refractivity contribution in [2.24, 2.45) is 41.2 Å². The zero-order chi connectivity index (χ0) is 46.9. The number of carbonyl (C=O) groups is 6. The summed E-state index contributed by atoms with van der Waals surface area (Å²) in [5, 5.41) is 14.1. The van der Waals surface area contributed by atoms with Gasteiger partial charge < -0.3 is 47.1 Å². The Kier molecular flexibility index (Phi) is 16.1. The normalized spacial score (nSPS) is 22.8. The molecule has 4 atom stereocenters. The molecule has 4 aliphatic carbocycles. The first-order valence-electron chi connectivity index (χ1n) is 23.9. The lowest BCUT2D eigenvalue weighted by Crippen LogP contribution is -2.58. The quantitative estimate of drug-likeness (QED) is 0.0741. The number of nitrogens with zero attached hydrogens (tertiary/aromatic N) is 5. The number of fused-ring (bicyclic) bond motifs is 1. The highest BCUT2D eigenvalue weighted by molar-refractivity contribution is 5.93. The van der Waals surface area contributed by atoms with Gasteiger partial charge in [0.15, 0.2) is 0 Å². The molecule has 3 aromatic rings. The summed E-state index contributed by atoms with van der Waals surface area (Å²) in [6.45, 7) is 5.35. The van der Waals surface area contributed by atoms with Crippen LogP contribution in [0.15, 0.2) is 41.8 Å². The number of likely N-dealkylation sites (N-methyl/N-ethyl adjacent to an activating group) is 1. The molecule has 4 saturated carbocycles. The highest BCUT2D eigenvalue weighted by Gasteiger charge is 2.48. The maximum absolute atomic E-state index is 14.2. The molecule has 8 rings (SSSR count). The second-order valence-electron chi connectivity index (χ2n) is 19.1. The minimum Gasteiger partial charge on any atom is -0.368 e. The number of rotatable bonds is 21. The van der Waals surface area contributed by atoms with Crippen molar-refractivity contribution in [3.05, 3.63) is 53.1 Å². The predicted molar refractivity (Wildman–Crippen MR) is 247 cm³/mol. The highest BCUT2D eigenvalue weighted by atomic mass is 16.2. The first-order valence-corrected chi connectivity index (χ1v) is 23.9. The van der Waals surface area contributed by atoms with Gasteiger partial charge in [0.25, 0.3) is 5.56 Å². The van der Waals surface area contributed by atoms with Gasteiger partial charge in [0.1, 0.15) is 24.7 Å². The van der Waals surface area contributed by atoms with Gasteiger partial charge in [-0.15, -0.1) is 0 Å². The molecule has 66 heavy (non-hydrogen) atoms. The molecule has 4 bridgehead atoms. The molecule has 358 valence electrons. The van der Waals surface area contributed by atoms with Crippen molar-refractivity contribution in [1.29, 1.82) is 0 Å². The summed E-state index contributed by atoms with van der Waals surface area (Å²) in [6.07, 6.45) is 13.7. The lowest BCUT2D eigenvalue weighted by molar-refractivity contribution is -0.138. The van der Waals surface area contributed by atoms with Crippen LogP contribution in [0.1, 0.15) is 83.7 Å². The van der Waals surface area contributed by atoms with E-state index in [0.717, 1.165) is 17.5 Å². The van der Waals surface area contributed by atoms with Crippen molar-refractivity contribution >= 4 is 52.0 Å². The van der Waals surface area contributed by atoms with Crippen molar-refractivity contribution in [3.8, 4) is 0 Å². The lowest BCUT2D eigenvalue weighted by Gasteiger charge is -2.54. The number of nitrogens with two attached hydrogens (primary N) is 1. The Morgan fingerprint density at radius 2 is 1.61 bits per heavy atom. The molecule has 1 saturated heterocycles. The van der Waals surface area contributed by atoms with Crippen LogP contribution >= 0.6 is 0 Å². The minimum absolute atomic E-state index is 0.0713. The zero-order valence-electron chi connectivity index (χ0n) is 38.6. The van der Waals surface area contributed by atoms with E-state index >= 15 is 0 Å². The summed E-state index contributed by atoms with van der Waals surface area (Å²) in [7, 11) is 1.46. The third kappa shape index (κ3) is 11.7. The van der Waals surface area contributed by atoms with E-state index in [-0.39, 0.29) is 36.6 Å². The van der Waals surface area contributed by atoms with Gasteiger partial charge in [-0.25, -0.2) is 9.97 Å². The fourth-order valence-corrected chi connectivity index (χ4v) is 11.0. The van der Waals surface area contributed by atoms with Gasteiger partial charge in [0, 0.05) is 63.6 Å². The van der Waals surface area contributed by atoms with E-state index in [1.807, 2.05) is 19.9 Å².